The molecule has 0 aromatic heterocycles. The Morgan fingerprint density at radius 1 is 1.00 bits per heavy atom. The number of hydrogen-bond donors (Lipinski definition) is 2. The van der Waals surface area contributed by atoms with E-state index in [1.54, 1.807) is 24.3 Å². The summed E-state index contributed by atoms with van der Waals surface area (Å²) in [4.78, 5) is 25.7. The Hall–Kier alpha value is -2.86. The van der Waals surface area contributed by atoms with Crippen LogP contribution in [0, 0.1) is 5.92 Å². The molecule has 0 aliphatic heterocycles. The number of benzene rings is 2. The molecule has 2 saturated carbocycles. The number of para-hydroxylation sites is 1. The van der Waals surface area contributed by atoms with Crippen molar-refractivity contribution in [3.63, 3.8) is 0 Å². The first-order valence-electron chi connectivity index (χ1n) is 10.2. The summed E-state index contributed by atoms with van der Waals surface area (Å²) in [5, 5.41) is 12.2. The number of aliphatic carboxylic acids is 1. The van der Waals surface area contributed by atoms with Gasteiger partial charge in [0.1, 0.15) is 11.5 Å². The van der Waals surface area contributed by atoms with Gasteiger partial charge in [-0.05, 0) is 68.0 Å². The number of carboxylic acid groups (broad SMARTS) is 1. The molecule has 2 fully saturated rings. The van der Waals surface area contributed by atoms with Crippen LogP contribution in [-0.2, 0) is 4.79 Å². The van der Waals surface area contributed by atoms with Crippen molar-refractivity contribution in [1.29, 1.82) is 0 Å². The first-order valence-corrected chi connectivity index (χ1v) is 10.2. The molecule has 6 heteroatoms. The minimum atomic E-state index is -0.782. The highest BCUT2D eigenvalue weighted by Crippen LogP contribution is 2.34. The summed E-state index contributed by atoms with van der Waals surface area (Å²) in [6, 6.07) is 16.9. The zero-order valence-corrected chi connectivity index (χ0v) is 16.3. The lowest BCUT2D eigenvalue weighted by Gasteiger charge is -2.42. The fourth-order valence-corrected chi connectivity index (χ4v) is 3.72. The van der Waals surface area contributed by atoms with Crippen molar-refractivity contribution in [2.75, 3.05) is 13.1 Å². The van der Waals surface area contributed by atoms with E-state index in [-0.39, 0.29) is 24.5 Å². The molecule has 1 amide bonds. The van der Waals surface area contributed by atoms with Gasteiger partial charge in [0.05, 0.1) is 6.54 Å². The summed E-state index contributed by atoms with van der Waals surface area (Å²) < 4.78 is 5.75. The summed E-state index contributed by atoms with van der Waals surface area (Å²) in [6.07, 6.45) is 4.02. The minimum Gasteiger partial charge on any atom is -0.480 e. The van der Waals surface area contributed by atoms with Gasteiger partial charge in [0, 0.05) is 24.2 Å². The summed E-state index contributed by atoms with van der Waals surface area (Å²) >= 11 is 0. The first-order chi connectivity index (χ1) is 14.1. The van der Waals surface area contributed by atoms with Gasteiger partial charge in [-0.1, -0.05) is 18.2 Å². The largest absolute Gasteiger partial charge is 0.480 e. The normalized spacial score (nSPS) is 20.7. The van der Waals surface area contributed by atoms with E-state index in [1.807, 2.05) is 30.3 Å². The number of nitrogens with zero attached hydrogens (tertiary/aromatic N) is 1. The molecule has 0 spiro atoms. The number of carbonyl (C=O) groups excluding carboxylic acids is 1. The third-order valence-electron chi connectivity index (χ3n) is 5.59. The van der Waals surface area contributed by atoms with E-state index in [9.17, 15) is 9.59 Å². The Kier molecular flexibility index (Phi) is 5.81. The van der Waals surface area contributed by atoms with Crippen molar-refractivity contribution in [2.45, 2.75) is 37.8 Å². The number of rotatable bonds is 9. The van der Waals surface area contributed by atoms with Gasteiger partial charge in [-0.15, -0.1) is 0 Å². The van der Waals surface area contributed by atoms with Crippen molar-refractivity contribution in [1.82, 2.24) is 10.2 Å². The lowest BCUT2D eigenvalue weighted by Crippen LogP contribution is -2.55. The quantitative estimate of drug-likeness (QED) is 0.680. The van der Waals surface area contributed by atoms with Crippen LogP contribution in [-0.4, -0.2) is 47.1 Å². The topological polar surface area (TPSA) is 78.9 Å². The van der Waals surface area contributed by atoms with E-state index >= 15 is 0 Å². The van der Waals surface area contributed by atoms with E-state index in [0.29, 0.717) is 17.2 Å². The molecule has 0 atom stereocenters. The van der Waals surface area contributed by atoms with Crippen LogP contribution in [0.1, 0.15) is 36.0 Å². The summed E-state index contributed by atoms with van der Waals surface area (Å²) in [6.45, 7) is 0.950. The van der Waals surface area contributed by atoms with Gasteiger partial charge < -0.3 is 15.2 Å². The van der Waals surface area contributed by atoms with Crippen LogP contribution in [0.5, 0.6) is 11.5 Å². The van der Waals surface area contributed by atoms with Crippen LogP contribution in [0.3, 0.4) is 0 Å². The molecular formula is C23H26N2O4. The molecule has 152 valence electrons. The van der Waals surface area contributed by atoms with Crippen LogP contribution < -0.4 is 10.1 Å². The minimum absolute atomic E-state index is 0.0880. The second-order valence-electron chi connectivity index (χ2n) is 8.00. The highest BCUT2D eigenvalue weighted by Gasteiger charge is 2.37. The van der Waals surface area contributed by atoms with Gasteiger partial charge in [-0.3, -0.25) is 14.5 Å². The van der Waals surface area contributed by atoms with Gasteiger partial charge >= 0.3 is 5.97 Å². The molecule has 29 heavy (non-hydrogen) atoms. The molecule has 6 nitrogen and oxygen atoms in total. The Balaban J connectivity index is 1.26. The van der Waals surface area contributed by atoms with Gasteiger partial charge in [-0.25, -0.2) is 0 Å². The average molecular weight is 394 g/mol. The van der Waals surface area contributed by atoms with E-state index in [1.165, 1.54) is 12.8 Å². The highest BCUT2D eigenvalue weighted by molar-refractivity contribution is 5.94. The van der Waals surface area contributed by atoms with Crippen LogP contribution in [0.15, 0.2) is 54.6 Å². The number of carbonyl (C=O) groups is 2. The van der Waals surface area contributed by atoms with Crippen LogP contribution in [0.25, 0.3) is 0 Å². The molecule has 2 aliphatic rings. The molecule has 2 N–H and O–H groups in total. The molecule has 2 aromatic rings. The molecule has 0 heterocycles. The predicted molar refractivity (Wildman–Crippen MR) is 109 cm³/mol. The number of hydrogen-bond acceptors (Lipinski definition) is 4. The first kappa shape index (κ1) is 19.5. The second-order valence-corrected chi connectivity index (χ2v) is 8.00. The summed E-state index contributed by atoms with van der Waals surface area (Å²) in [5.74, 6) is 1.20. The van der Waals surface area contributed by atoms with E-state index in [0.717, 1.165) is 25.1 Å². The van der Waals surface area contributed by atoms with Gasteiger partial charge in [0.25, 0.3) is 5.91 Å². The summed E-state index contributed by atoms with van der Waals surface area (Å²) in [5.41, 5.74) is 0.592. The highest BCUT2D eigenvalue weighted by atomic mass is 16.5. The fourth-order valence-electron chi connectivity index (χ4n) is 3.72. The second kappa shape index (κ2) is 8.66. The lowest BCUT2D eigenvalue weighted by atomic mass is 9.85. The molecule has 2 aliphatic carbocycles. The Morgan fingerprint density at radius 3 is 2.28 bits per heavy atom. The maximum absolute atomic E-state index is 12.5. The SMILES string of the molecule is O=C(O)CN(CC1CC1)C1CC(NC(=O)c2ccc(Oc3ccccc3)cc2)C1. The Morgan fingerprint density at radius 2 is 1.66 bits per heavy atom. The fraction of sp³-hybridized carbons (Fsp3) is 0.391. The third-order valence-corrected chi connectivity index (χ3v) is 5.59. The molecule has 0 unspecified atom stereocenters. The third kappa shape index (κ3) is 5.35. The molecule has 2 aromatic carbocycles. The summed E-state index contributed by atoms with van der Waals surface area (Å²) in [7, 11) is 0. The average Bonchev–Trinajstić information content (AvgIpc) is 3.49. The molecule has 0 bridgehead atoms. The van der Waals surface area contributed by atoms with Crippen molar-refractivity contribution in [2.24, 2.45) is 5.92 Å². The van der Waals surface area contributed by atoms with Gasteiger partial charge in [0.15, 0.2) is 0 Å². The van der Waals surface area contributed by atoms with Crippen molar-refractivity contribution < 1.29 is 19.4 Å². The van der Waals surface area contributed by atoms with E-state index < -0.39 is 5.97 Å². The number of nitrogens with one attached hydrogen (secondary N) is 1. The maximum Gasteiger partial charge on any atom is 0.317 e. The van der Waals surface area contributed by atoms with Crippen molar-refractivity contribution in [3.05, 3.63) is 60.2 Å². The molecule has 0 radical (unpaired) electrons. The van der Waals surface area contributed by atoms with E-state index in [2.05, 4.69) is 10.2 Å². The monoisotopic (exact) mass is 394 g/mol. The molecular weight excluding hydrogens is 368 g/mol. The Labute approximate surface area is 170 Å². The Bertz CT molecular complexity index is 843. The lowest BCUT2D eigenvalue weighted by molar-refractivity contribution is -0.139. The molecule has 4 rings (SSSR count). The maximum atomic E-state index is 12.5. The molecule has 0 saturated heterocycles. The van der Waals surface area contributed by atoms with Gasteiger partial charge in [-0.2, -0.15) is 0 Å². The van der Waals surface area contributed by atoms with E-state index in [4.69, 9.17) is 9.84 Å². The number of carboxylic acids is 1. The van der Waals surface area contributed by atoms with Crippen molar-refractivity contribution >= 4 is 11.9 Å². The van der Waals surface area contributed by atoms with Crippen LogP contribution in [0.2, 0.25) is 0 Å². The van der Waals surface area contributed by atoms with Crippen LogP contribution >= 0.6 is 0 Å². The number of ether oxygens (including phenoxy) is 1. The van der Waals surface area contributed by atoms with Gasteiger partial charge in [0.2, 0.25) is 0 Å². The van der Waals surface area contributed by atoms with Crippen molar-refractivity contribution in [3.8, 4) is 11.5 Å². The number of amides is 1. The predicted octanol–water partition coefficient (Wildman–Crippen LogP) is 3.54. The zero-order chi connectivity index (χ0) is 20.2. The zero-order valence-electron chi connectivity index (χ0n) is 16.3. The smallest absolute Gasteiger partial charge is 0.317 e. The van der Waals surface area contributed by atoms with Crippen LogP contribution in [0.4, 0.5) is 0 Å². The standard InChI is InChI=1S/C23H26N2O4/c26-22(27)15-25(14-16-6-7-16)19-12-18(13-19)24-23(28)17-8-10-21(11-9-17)29-20-4-2-1-3-5-20/h1-5,8-11,16,18-19H,6-7,12-15H2,(H,24,28)(H,26,27).